The fourth-order valence-electron chi connectivity index (χ4n) is 4.11. The van der Waals surface area contributed by atoms with E-state index in [1.54, 1.807) is 30.1 Å². The molecule has 142 valence electrons. The number of nitrogens with zero attached hydrogens (tertiary/aromatic N) is 2. The quantitative estimate of drug-likeness (QED) is 0.777. The fourth-order valence-corrected chi connectivity index (χ4v) is 5.58. The lowest BCUT2D eigenvalue weighted by Gasteiger charge is -2.36. The van der Waals surface area contributed by atoms with E-state index in [0.29, 0.717) is 39.1 Å². The molecule has 0 atom stereocenters. The van der Waals surface area contributed by atoms with Crippen molar-refractivity contribution in [1.82, 2.24) is 4.31 Å². The largest absolute Gasteiger partial charge is 0.347 e. The number of sulfonamides is 1. The Kier molecular flexibility index (Phi) is 3.97. The van der Waals surface area contributed by atoms with Crippen molar-refractivity contribution in [2.45, 2.75) is 42.8 Å². The summed E-state index contributed by atoms with van der Waals surface area (Å²) in [5.74, 6) is -0.640. The van der Waals surface area contributed by atoms with Crippen LogP contribution in [0.3, 0.4) is 0 Å². The number of hydrogen-bond acceptors (Lipinski definition) is 5. The first-order valence-electron chi connectivity index (χ1n) is 8.88. The highest BCUT2D eigenvalue weighted by Crippen LogP contribution is 2.42. The molecule has 0 bridgehead atoms. The Bertz CT molecular complexity index is 848. The van der Waals surface area contributed by atoms with Crippen LogP contribution in [-0.2, 0) is 29.7 Å². The van der Waals surface area contributed by atoms with Crippen molar-refractivity contribution in [1.29, 1.82) is 0 Å². The third-order valence-corrected chi connectivity index (χ3v) is 7.67. The van der Waals surface area contributed by atoms with E-state index in [4.69, 9.17) is 9.47 Å². The maximum absolute atomic E-state index is 13.1. The molecule has 0 N–H and O–H groups in total. The number of rotatable bonds is 2. The van der Waals surface area contributed by atoms with Crippen molar-refractivity contribution in [2.75, 3.05) is 38.3 Å². The number of likely N-dealkylation sites (N-methyl/N-ethyl adjacent to an activating group) is 1. The molecule has 1 aromatic rings. The van der Waals surface area contributed by atoms with Gasteiger partial charge in [-0.15, -0.1) is 0 Å². The molecule has 3 heterocycles. The number of amides is 1. The molecule has 0 aliphatic carbocycles. The average Bonchev–Trinajstić information content (AvgIpc) is 3.13. The predicted molar refractivity (Wildman–Crippen MR) is 95.5 cm³/mol. The topological polar surface area (TPSA) is 76.2 Å². The van der Waals surface area contributed by atoms with Gasteiger partial charge in [-0.3, -0.25) is 4.79 Å². The molecule has 2 saturated heterocycles. The number of anilines is 1. The lowest BCUT2D eigenvalue weighted by molar-refractivity contribution is -0.179. The first-order valence-corrected chi connectivity index (χ1v) is 10.3. The van der Waals surface area contributed by atoms with Gasteiger partial charge in [0.15, 0.2) is 5.79 Å². The first kappa shape index (κ1) is 17.9. The molecule has 1 spiro atoms. The van der Waals surface area contributed by atoms with Crippen LogP contribution in [0.4, 0.5) is 5.69 Å². The van der Waals surface area contributed by atoms with E-state index < -0.39 is 21.2 Å². The number of hydrogen-bond donors (Lipinski definition) is 0. The van der Waals surface area contributed by atoms with Crippen molar-refractivity contribution in [3.05, 3.63) is 23.8 Å². The molecule has 1 aromatic carbocycles. The molecule has 8 heteroatoms. The maximum atomic E-state index is 13.1. The zero-order valence-corrected chi connectivity index (χ0v) is 16.1. The van der Waals surface area contributed by atoms with Gasteiger partial charge >= 0.3 is 0 Å². The van der Waals surface area contributed by atoms with Crippen LogP contribution in [0.1, 0.15) is 32.3 Å². The lowest BCUT2D eigenvalue weighted by atomic mass is 9.86. The number of benzene rings is 1. The molecule has 0 aromatic heterocycles. The van der Waals surface area contributed by atoms with Crippen LogP contribution in [0, 0.1) is 0 Å². The second kappa shape index (κ2) is 5.76. The summed E-state index contributed by atoms with van der Waals surface area (Å²) in [6, 6.07) is 4.97. The fraction of sp³-hybridized carbons (Fsp3) is 0.611. The highest BCUT2D eigenvalue weighted by Gasteiger charge is 2.45. The van der Waals surface area contributed by atoms with Gasteiger partial charge in [-0.05, 0) is 37.6 Å². The predicted octanol–water partition coefficient (Wildman–Crippen LogP) is 1.47. The van der Waals surface area contributed by atoms with Crippen molar-refractivity contribution in [3.8, 4) is 0 Å². The van der Waals surface area contributed by atoms with Gasteiger partial charge in [0.25, 0.3) is 0 Å². The highest BCUT2D eigenvalue weighted by atomic mass is 32.2. The van der Waals surface area contributed by atoms with Crippen molar-refractivity contribution >= 4 is 21.6 Å². The summed E-state index contributed by atoms with van der Waals surface area (Å²) in [6.45, 7) is 5.51. The van der Waals surface area contributed by atoms with E-state index in [2.05, 4.69) is 0 Å². The second-order valence-electron chi connectivity index (χ2n) is 7.68. The van der Waals surface area contributed by atoms with Gasteiger partial charge in [0.05, 0.1) is 23.5 Å². The van der Waals surface area contributed by atoms with Gasteiger partial charge in [0, 0.05) is 38.7 Å². The van der Waals surface area contributed by atoms with Crippen LogP contribution in [0.15, 0.2) is 23.1 Å². The smallest absolute Gasteiger partial charge is 0.243 e. The van der Waals surface area contributed by atoms with Crippen molar-refractivity contribution in [3.63, 3.8) is 0 Å². The minimum Gasteiger partial charge on any atom is -0.347 e. The summed E-state index contributed by atoms with van der Waals surface area (Å²) >= 11 is 0. The monoisotopic (exact) mass is 380 g/mol. The summed E-state index contributed by atoms with van der Waals surface area (Å²) in [5.41, 5.74) is 0.791. The Balaban J connectivity index is 1.62. The summed E-state index contributed by atoms with van der Waals surface area (Å²) in [7, 11) is -1.90. The molecule has 3 aliphatic heterocycles. The lowest BCUT2D eigenvalue weighted by Crippen LogP contribution is -2.47. The molecule has 0 unspecified atom stereocenters. The molecular formula is C18H24N2O5S. The maximum Gasteiger partial charge on any atom is 0.243 e. The average molecular weight is 380 g/mol. The first-order chi connectivity index (χ1) is 12.2. The van der Waals surface area contributed by atoms with E-state index in [-0.39, 0.29) is 10.8 Å². The van der Waals surface area contributed by atoms with Gasteiger partial charge in [-0.25, -0.2) is 8.42 Å². The minimum absolute atomic E-state index is 0.0301. The van der Waals surface area contributed by atoms with Gasteiger partial charge < -0.3 is 14.4 Å². The molecule has 0 saturated carbocycles. The second-order valence-corrected chi connectivity index (χ2v) is 9.62. The normalized spacial score (nSPS) is 25.0. The number of fused-ring (bicyclic) bond motifs is 1. The Hall–Kier alpha value is -1.48. The van der Waals surface area contributed by atoms with Gasteiger partial charge in [0.1, 0.15) is 0 Å². The number of piperidine rings is 1. The number of carbonyl (C=O) groups excluding carboxylic acids is 1. The van der Waals surface area contributed by atoms with Crippen molar-refractivity contribution in [2.24, 2.45) is 0 Å². The molecule has 2 fully saturated rings. The molecular weight excluding hydrogens is 356 g/mol. The van der Waals surface area contributed by atoms with E-state index in [9.17, 15) is 13.2 Å². The van der Waals surface area contributed by atoms with Crippen LogP contribution < -0.4 is 4.90 Å². The molecule has 0 radical (unpaired) electrons. The molecule has 1 amide bonds. The summed E-state index contributed by atoms with van der Waals surface area (Å²) < 4.78 is 39.1. The number of ether oxygens (including phenoxy) is 2. The van der Waals surface area contributed by atoms with Crippen LogP contribution in [0.25, 0.3) is 0 Å². The Labute approximate surface area is 153 Å². The molecule has 26 heavy (non-hydrogen) atoms. The van der Waals surface area contributed by atoms with Crippen LogP contribution >= 0.6 is 0 Å². The van der Waals surface area contributed by atoms with Gasteiger partial charge in [-0.1, -0.05) is 0 Å². The van der Waals surface area contributed by atoms with Gasteiger partial charge in [-0.2, -0.15) is 4.31 Å². The summed E-state index contributed by atoms with van der Waals surface area (Å²) in [6.07, 6.45) is 1.06. The van der Waals surface area contributed by atoms with E-state index in [1.807, 2.05) is 13.8 Å². The Morgan fingerprint density at radius 2 is 1.69 bits per heavy atom. The highest BCUT2D eigenvalue weighted by molar-refractivity contribution is 7.89. The molecule has 4 rings (SSSR count). The minimum atomic E-state index is -3.62. The zero-order chi connectivity index (χ0) is 18.7. The van der Waals surface area contributed by atoms with E-state index in [1.165, 1.54) is 4.31 Å². The van der Waals surface area contributed by atoms with Crippen LogP contribution in [0.5, 0.6) is 0 Å². The molecule has 7 nitrogen and oxygen atoms in total. The van der Waals surface area contributed by atoms with Crippen LogP contribution in [0.2, 0.25) is 0 Å². The van der Waals surface area contributed by atoms with Crippen LogP contribution in [-0.4, -0.2) is 57.8 Å². The Morgan fingerprint density at radius 1 is 1.08 bits per heavy atom. The van der Waals surface area contributed by atoms with E-state index >= 15 is 0 Å². The summed E-state index contributed by atoms with van der Waals surface area (Å²) in [4.78, 5) is 14.2. The number of carbonyl (C=O) groups is 1. The summed E-state index contributed by atoms with van der Waals surface area (Å²) in [5, 5.41) is 0. The zero-order valence-electron chi connectivity index (χ0n) is 15.3. The Morgan fingerprint density at radius 3 is 2.31 bits per heavy atom. The van der Waals surface area contributed by atoms with Crippen molar-refractivity contribution < 1.29 is 22.7 Å². The third kappa shape index (κ3) is 2.51. The standard InChI is InChI=1S/C18H24N2O5S/c1-17(2)14-12-13(4-5-15(14)19(3)16(17)21)26(22,23)20-8-6-18(7-9-20)24-10-11-25-18/h4-5,12H,6-11H2,1-3H3. The molecule has 3 aliphatic rings. The SMILES string of the molecule is CN1C(=O)C(C)(C)c2cc(S(=O)(=O)N3CCC4(CC3)OCCO4)ccc21. The van der Waals surface area contributed by atoms with E-state index in [0.717, 1.165) is 11.3 Å². The third-order valence-electron chi connectivity index (χ3n) is 5.78. The van der Waals surface area contributed by atoms with Gasteiger partial charge in [0.2, 0.25) is 15.9 Å².